The summed E-state index contributed by atoms with van der Waals surface area (Å²) in [5.41, 5.74) is 7.82. The van der Waals surface area contributed by atoms with Crippen LogP contribution in [0.5, 0.6) is 0 Å². The van der Waals surface area contributed by atoms with Crippen LogP contribution in [0.25, 0.3) is 0 Å². The SMILES string of the molecule is CC(=O)O.N=C(N)c1ccc(CNC(=O)[C@@H]2CCCN2C(=O)[C@H](O)Cc2ccccc2)cc1. The molecule has 0 aromatic heterocycles. The van der Waals surface area contributed by atoms with Gasteiger partial charge in [-0.05, 0) is 24.0 Å². The Morgan fingerprint density at radius 3 is 2.30 bits per heavy atom. The lowest BCUT2D eigenvalue weighted by atomic mass is 10.1. The van der Waals surface area contributed by atoms with Gasteiger partial charge in [0.25, 0.3) is 11.9 Å². The van der Waals surface area contributed by atoms with Crippen molar-refractivity contribution in [2.45, 2.75) is 44.9 Å². The van der Waals surface area contributed by atoms with Crippen LogP contribution in [0.1, 0.15) is 36.5 Å². The summed E-state index contributed by atoms with van der Waals surface area (Å²) in [4.78, 5) is 35.8. The van der Waals surface area contributed by atoms with E-state index in [0.29, 0.717) is 25.1 Å². The first-order valence-electron chi connectivity index (χ1n) is 10.6. The van der Waals surface area contributed by atoms with E-state index in [9.17, 15) is 14.7 Å². The molecule has 2 aromatic rings. The van der Waals surface area contributed by atoms with Gasteiger partial charge in [0.1, 0.15) is 18.0 Å². The zero-order chi connectivity index (χ0) is 24.4. The van der Waals surface area contributed by atoms with Gasteiger partial charge in [-0.25, -0.2) is 0 Å². The van der Waals surface area contributed by atoms with E-state index in [1.807, 2.05) is 30.3 Å². The van der Waals surface area contributed by atoms with Crippen molar-refractivity contribution in [3.05, 3.63) is 71.3 Å². The topological polar surface area (TPSA) is 157 Å². The van der Waals surface area contributed by atoms with Crippen LogP contribution in [0.4, 0.5) is 0 Å². The van der Waals surface area contributed by atoms with Crippen molar-refractivity contribution in [3.63, 3.8) is 0 Å². The average Bonchev–Trinajstić information content (AvgIpc) is 3.27. The second-order valence-electron chi connectivity index (χ2n) is 7.74. The number of amidine groups is 1. The predicted octanol–water partition coefficient (Wildman–Crippen LogP) is 1.27. The van der Waals surface area contributed by atoms with Gasteiger partial charge in [0.2, 0.25) is 5.91 Å². The van der Waals surface area contributed by atoms with E-state index in [1.54, 1.807) is 24.3 Å². The van der Waals surface area contributed by atoms with Gasteiger partial charge in [0.15, 0.2) is 0 Å². The standard InChI is InChI=1S/C22H26N4O3.C2H4O2/c23-20(24)17-10-8-16(9-11-17)14-25-21(28)18-7-4-12-26(18)22(29)19(27)13-15-5-2-1-3-6-15;1-2(3)4/h1-3,5-6,8-11,18-19,27H,4,7,12-14H2,(H3,23,24)(H,25,28);1H3,(H,3,4)/t18-,19+;/m0./s1. The summed E-state index contributed by atoms with van der Waals surface area (Å²) in [6.07, 6.45) is 0.381. The van der Waals surface area contributed by atoms with Gasteiger partial charge in [0.05, 0.1) is 0 Å². The molecule has 0 radical (unpaired) electrons. The number of likely N-dealkylation sites (tertiary alicyclic amines) is 1. The summed E-state index contributed by atoms with van der Waals surface area (Å²) < 4.78 is 0. The summed E-state index contributed by atoms with van der Waals surface area (Å²) in [6, 6.07) is 15.8. The van der Waals surface area contributed by atoms with E-state index >= 15 is 0 Å². The monoisotopic (exact) mass is 454 g/mol. The molecule has 0 aliphatic carbocycles. The molecule has 1 aliphatic rings. The number of carbonyl (C=O) groups is 3. The maximum Gasteiger partial charge on any atom is 0.300 e. The quantitative estimate of drug-likeness (QED) is 0.313. The molecule has 2 aromatic carbocycles. The van der Waals surface area contributed by atoms with Gasteiger partial charge in [-0.2, -0.15) is 0 Å². The Hall–Kier alpha value is -3.72. The third-order valence-corrected chi connectivity index (χ3v) is 5.13. The average molecular weight is 455 g/mol. The first-order valence-corrected chi connectivity index (χ1v) is 10.6. The second kappa shape index (κ2) is 12.4. The van der Waals surface area contributed by atoms with E-state index in [2.05, 4.69) is 5.32 Å². The van der Waals surface area contributed by atoms with E-state index in [-0.39, 0.29) is 18.2 Å². The number of hydrogen-bond acceptors (Lipinski definition) is 5. The number of carboxylic acids is 1. The lowest BCUT2D eigenvalue weighted by molar-refractivity contribution is -0.145. The number of aliphatic hydroxyl groups is 1. The molecule has 176 valence electrons. The molecule has 1 heterocycles. The van der Waals surface area contributed by atoms with Crippen LogP contribution in [0, 0.1) is 5.41 Å². The van der Waals surface area contributed by atoms with Crippen molar-refractivity contribution in [1.29, 1.82) is 5.41 Å². The third-order valence-electron chi connectivity index (χ3n) is 5.13. The Morgan fingerprint density at radius 1 is 1.12 bits per heavy atom. The largest absolute Gasteiger partial charge is 0.481 e. The van der Waals surface area contributed by atoms with Crippen molar-refractivity contribution in [2.75, 3.05) is 6.54 Å². The Bertz CT molecular complexity index is 959. The van der Waals surface area contributed by atoms with Gasteiger partial charge in [-0.1, -0.05) is 54.6 Å². The lowest BCUT2D eigenvalue weighted by Gasteiger charge is -2.26. The van der Waals surface area contributed by atoms with Crippen LogP contribution in [-0.4, -0.2) is 57.4 Å². The van der Waals surface area contributed by atoms with E-state index < -0.39 is 24.0 Å². The summed E-state index contributed by atoms with van der Waals surface area (Å²) in [5.74, 6) is -1.47. The number of nitrogen functional groups attached to an aromatic ring is 1. The molecule has 0 unspecified atom stereocenters. The van der Waals surface area contributed by atoms with Gasteiger partial charge >= 0.3 is 0 Å². The fourth-order valence-corrected chi connectivity index (χ4v) is 3.53. The Labute approximate surface area is 192 Å². The fourth-order valence-electron chi connectivity index (χ4n) is 3.53. The molecule has 9 heteroatoms. The highest BCUT2D eigenvalue weighted by atomic mass is 16.4. The van der Waals surface area contributed by atoms with Gasteiger partial charge < -0.3 is 26.2 Å². The number of aliphatic carboxylic acids is 1. The summed E-state index contributed by atoms with van der Waals surface area (Å²) in [5, 5.41) is 28.0. The molecule has 6 N–H and O–H groups in total. The van der Waals surface area contributed by atoms with Crippen LogP contribution in [0.15, 0.2) is 54.6 Å². The first kappa shape index (κ1) is 25.5. The number of nitrogens with zero attached hydrogens (tertiary/aromatic N) is 1. The number of amides is 2. The van der Waals surface area contributed by atoms with Crippen molar-refractivity contribution >= 4 is 23.6 Å². The number of nitrogens with two attached hydrogens (primary N) is 1. The Morgan fingerprint density at radius 2 is 1.73 bits per heavy atom. The predicted molar refractivity (Wildman–Crippen MR) is 124 cm³/mol. The molecular weight excluding hydrogens is 424 g/mol. The van der Waals surface area contributed by atoms with Gasteiger partial charge in [-0.3, -0.25) is 19.8 Å². The van der Waals surface area contributed by atoms with Crippen LogP contribution < -0.4 is 11.1 Å². The molecule has 1 fully saturated rings. The Balaban J connectivity index is 0.000000890. The number of carbonyl (C=O) groups excluding carboxylic acids is 2. The number of rotatable bonds is 7. The minimum Gasteiger partial charge on any atom is -0.481 e. The molecule has 1 saturated heterocycles. The van der Waals surface area contributed by atoms with Gasteiger partial charge in [-0.15, -0.1) is 0 Å². The maximum atomic E-state index is 12.7. The minimum atomic E-state index is -1.16. The van der Waals surface area contributed by atoms with Crippen molar-refractivity contribution in [1.82, 2.24) is 10.2 Å². The second-order valence-corrected chi connectivity index (χ2v) is 7.74. The van der Waals surface area contributed by atoms with Crippen molar-refractivity contribution in [2.24, 2.45) is 5.73 Å². The van der Waals surface area contributed by atoms with E-state index in [0.717, 1.165) is 24.5 Å². The molecule has 2 atom stereocenters. The number of benzene rings is 2. The molecule has 33 heavy (non-hydrogen) atoms. The summed E-state index contributed by atoms with van der Waals surface area (Å²) >= 11 is 0. The third kappa shape index (κ3) is 8.04. The number of hydrogen-bond donors (Lipinski definition) is 5. The van der Waals surface area contributed by atoms with Crippen LogP contribution in [0.3, 0.4) is 0 Å². The normalized spacial score (nSPS) is 15.7. The van der Waals surface area contributed by atoms with Crippen LogP contribution >= 0.6 is 0 Å². The molecule has 0 saturated carbocycles. The zero-order valence-corrected chi connectivity index (χ0v) is 18.5. The molecular formula is C24H30N4O5. The molecule has 2 amide bonds. The highest BCUT2D eigenvalue weighted by Gasteiger charge is 2.36. The van der Waals surface area contributed by atoms with Crippen LogP contribution in [-0.2, 0) is 27.3 Å². The highest BCUT2D eigenvalue weighted by molar-refractivity contribution is 5.95. The number of nitrogens with one attached hydrogen (secondary N) is 2. The summed E-state index contributed by atoms with van der Waals surface area (Å²) in [6.45, 7) is 1.87. The highest BCUT2D eigenvalue weighted by Crippen LogP contribution is 2.20. The summed E-state index contributed by atoms with van der Waals surface area (Å²) in [7, 11) is 0. The van der Waals surface area contributed by atoms with E-state index in [1.165, 1.54) is 4.90 Å². The van der Waals surface area contributed by atoms with Crippen LogP contribution in [0.2, 0.25) is 0 Å². The molecule has 3 rings (SSSR count). The van der Waals surface area contributed by atoms with Gasteiger partial charge in [0, 0.05) is 32.0 Å². The first-order chi connectivity index (χ1) is 15.7. The fraction of sp³-hybridized carbons (Fsp3) is 0.333. The molecule has 1 aliphatic heterocycles. The maximum absolute atomic E-state index is 12.7. The Kier molecular flexibility index (Phi) is 9.56. The number of carboxylic acid groups (broad SMARTS) is 1. The smallest absolute Gasteiger partial charge is 0.300 e. The minimum absolute atomic E-state index is 0.00486. The van der Waals surface area contributed by atoms with Crippen molar-refractivity contribution in [3.8, 4) is 0 Å². The van der Waals surface area contributed by atoms with Crippen molar-refractivity contribution < 1.29 is 24.6 Å². The molecule has 0 bridgehead atoms. The molecule has 9 nitrogen and oxygen atoms in total. The number of aliphatic hydroxyl groups excluding tert-OH is 1. The molecule has 0 spiro atoms. The van der Waals surface area contributed by atoms with E-state index in [4.69, 9.17) is 21.0 Å². The lowest BCUT2D eigenvalue weighted by Crippen LogP contribution is -2.49. The zero-order valence-electron chi connectivity index (χ0n) is 18.5.